The van der Waals surface area contributed by atoms with Gasteiger partial charge in [0.05, 0.1) is 24.9 Å². The summed E-state index contributed by atoms with van der Waals surface area (Å²) in [5, 5.41) is 5.02. The fourth-order valence-corrected chi connectivity index (χ4v) is 4.47. The number of nitrogens with zero attached hydrogens (tertiary/aromatic N) is 1. The van der Waals surface area contributed by atoms with Gasteiger partial charge in [-0.15, -0.1) is 11.3 Å². The van der Waals surface area contributed by atoms with Crippen LogP contribution < -0.4 is 14.8 Å². The highest BCUT2D eigenvalue weighted by molar-refractivity contribution is 7.11. The minimum absolute atomic E-state index is 0.149. The van der Waals surface area contributed by atoms with Gasteiger partial charge < -0.3 is 14.8 Å². The number of nitrogens with one attached hydrogen (secondary N) is 1. The zero-order valence-corrected chi connectivity index (χ0v) is 19.0. The van der Waals surface area contributed by atoms with Crippen LogP contribution in [0.5, 0.6) is 11.5 Å². The van der Waals surface area contributed by atoms with Crippen LogP contribution in [0, 0.1) is 13.8 Å². The van der Waals surface area contributed by atoms with Crippen molar-refractivity contribution >= 4 is 34.4 Å². The zero-order valence-electron chi connectivity index (χ0n) is 18.2. The van der Waals surface area contributed by atoms with Crippen molar-refractivity contribution in [3.63, 3.8) is 0 Å². The summed E-state index contributed by atoms with van der Waals surface area (Å²) < 4.78 is 11.2. The van der Waals surface area contributed by atoms with Crippen molar-refractivity contribution in [3.05, 3.63) is 81.7 Å². The fourth-order valence-electron chi connectivity index (χ4n) is 3.70. The number of amides is 2. The molecule has 0 saturated carbocycles. The minimum atomic E-state index is -0.381. The third-order valence-electron chi connectivity index (χ3n) is 5.08. The average Bonchev–Trinajstić information content (AvgIpc) is 3.36. The first-order valence-corrected chi connectivity index (χ1v) is 11.1. The van der Waals surface area contributed by atoms with Gasteiger partial charge in [0.25, 0.3) is 11.8 Å². The molecule has 1 aromatic heterocycles. The molecule has 1 N–H and O–H groups in total. The first kappa shape index (κ1) is 21.6. The van der Waals surface area contributed by atoms with E-state index < -0.39 is 0 Å². The van der Waals surface area contributed by atoms with Gasteiger partial charge in [-0.1, -0.05) is 24.3 Å². The monoisotopic (exact) mass is 448 g/mol. The van der Waals surface area contributed by atoms with Gasteiger partial charge in [-0.25, -0.2) is 0 Å². The Hall–Kier alpha value is -3.58. The predicted octanol–water partition coefficient (Wildman–Crippen LogP) is 4.64. The molecule has 0 saturated heterocycles. The summed E-state index contributed by atoms with van der Waals surface area (Å²) in [4.78, 5) is 28.5. The number of ether oxygens (including phenoxy) is 2. The number of aryl methyl sites for hydroxylation is 2. The van der Waals surface area contributed by atoms with Gasteiger partial charge in [0.15, 0.2) is 0 Å². The van der Waals surface area contributed by atoms with Crippen LogP contribution in [0.1, 0.15) is 16.0 Å². The van der Waals surface area contributed by atoms with E-state index in [0.29, 0.717) is 17.0 Å². The summed E-state index contributed by atoms with van der Waals surface area (Å²) in [5.74, 6) is 0.593. The van der Waals surface area contributed by atoms with Crippen LogP contribution in [-0.4, -0.2) is 37.0 Å². The van der Waals surface area contributed by atoms with E-state index in [2.05, 4.69) is 11.4 Å². The molecule has 0 spiro atoms. The lowest BCUT2D eigenvalue weighted by Crippen LogP contribution is -2.36. The molecule has 32 heavy (non-hydrogen) atoms. The molecule has 0 unspecified atom stereocenters. The number of benzene rings is 2. The second-order valence-electron chi connectivity index (χ2n) is 7.49. The van der Waals surface area contributed by atoms with E-state index >= 15 is 0 Å². The molecule has 0 radical (unpaired) electrons. The van der Waals surface area contributed by atoms with Crippen LogP contribution in [0.4, 0.5) is 5.69 Å². The first-order chi connectivity index (χ1) is 15.5. The normalized spacial score (nSPS) is 13.7. The molecular formula is C25H24N2O4S. The molecule has 164 valence electrons. The third kappa shape index (κ3) is 4.38. The maximum Gasteiger partial charge on any atom is 0.278 e. The van der Waals surface area contributed by atoms with Gasteiger partial charge in [-0.2, -0.15) is 0 Å². The number of hydrogen-bond acceptors (Lipinski definition) is 6. The molecule has 2 heterocycles. The second kappa shape index (κ2) is 9.28. The first-order valence-electron chi connectivity index (χ1n) is 10.2. The number of carbonyl (C=O) groups excluding carboxylic acids is 2. The Bertz CT molecular complexity index is 1160. The molecule has 0 aliphatic carbocycles. The van der Waals surface area contributed by atoms with E-state index in [4.69, 9.17) is 9.47 Å². The quantitative estimate of drug-likeness (QED) is 0.509. The van der Waals surface area contributed by atoms with Crippen LogP contribution in [0.2, 0.25) is 0 Å². The van der Waals surface area contributed by atoms with Crippen molar-refractivity contribution < 1.29 is 19.1 Å². The molecule has 3 aromatic rings. The van der Waals surface area contributed by atoms with Crippen LogP contribution in [0.15, 0.2) is 65.7 Å². The van der Waals surface area contributed by atoms with E-state index in [-0.39, 0.29) is 30.7 Å². The molecule has 0 atom stereocenters. The smallest absolute Gasteiger partial charge is 0.278 e. The zero-order chi connectivity index (χ0) is 22.7. The van der Waals surface area contributed by atoms with E-state index in [9.17, 15) is 9.59 Å². The highest BCUT2D eigenvalue weighted by Crippen LogP contribution is 2.34. The lowest BCUT2D eigenvalue weighted by molar-refractivity contribution is -0.137. The van der Waals surface area contributed by atoms with Gasteiger partial charge in [-0.3, -0.25) is 14.5 Å². The Labute approximate surface area is 191 Å². The molecule has 2 amide bonds. The highest BCUT2D eigenvalue weighted by Gasteiger charge is 2.39. The summed E-state index contributed by atoms with van der Waals surface area (Å²) in [6.07, 6.45) is 0. The van der Waals surface area contributed by atoms with Crippen LogP contribution in [-0.2, 0) is 9.59 Å². The summed E-state index contributed by atoms with van der Waals surface area (Å²) in [5.41, 5.74) is 3.42. The molecule has 4 rings (SSSR count). The number of imide groups is 1. The third-order valence-corrected chi connectivity index (χ3v) is 5.97. The summed E-state index contributed by atoms with van der Waals surface area (Å²) in [6, 6.07) is 16.9. The number of carbonyl (C=O) groups is 2. The molecular weight excluding hydrogens is 424 g/mol. The number of methoxy groups -OCH3 is 1. The maximum absolute atomic E-state index is 13.3. The largest absolute Gasteiger partial charge is 0.495 e. The average molecular weight is 449 g/mol. The molecule has 7 heteroatoms. The van der Waals surface area contributed by atoms with E-state index in [1.807, 2.05) is 61.7 Å². The Morgan fingerprint density at radius 3 is 2.41 bits per heavy atom. The fraction of sp³-hybridized carbons (Fsp3) is 0.200. The number of thiophene rings is 1. The van der Waals surface area contributed by atoms with Crippen molar-refractivity contribution in [3.8, 4) is 11.5 Å². The molecule has 6 nitrogen and oxygen atoms in total. The Morgan fingerprint density at radius 1 is 0.969 bits per heavy atom. The number of hydrogen-bond donors (Lipinski definition) is 1. The Balaban J connectivity index is 1.56. The predicted molar refractivity (Wildman–Crippen MR) is 126 cm³/mol. The highest BCUT2D eigenvalue weighted by atomic mass is 32.1. The minimum Gasteiger partial charge on any atom is -0.495 e. The van der Waals surface area contributed by atoms with Gasteiger partial charge in [-0.05, 0) is 60.7 Å². The standard InChI is InChI=1S/C25H24N2O4S/c1-16-13-17(2)15-18(14-16)31-11-10-27-24(28)22(21-9-6-12-32-21)23(25(27)29)26-19-7-4-5-8-20(19)30-3/h4-9,12-15,26H,10-11H2,1-3H3. The molecule has 1 aliphatic rings. The van der Waals surface area contributed by atoms with Crippen LogP contribution in [0.3, 0.4) is 0 Å². The van der Waals surface area contributed by atoms with Crippen molar-refractivity contribution in [2.75, 3.05) is 25.6 Å². The number of anilines is 1. The number of para-hydroxylation sites is 2. The van der Waals surface area contributed by atoms with Gasteiger partial charge >= 0.3 is 0 Å². The van der Waals surface area contributed by atoms with Crippen molar-refractivity contribution in [2.45, 2.75) is 13.8 Å². The summed E-state index contributed by atoms with van der Waals surface area (Å²) in [6.45, 7) is 4.36. The van der Waals surface area contributed by atoms with Crippen molar-refractivity contribution in [2.24, 2.45) is 0 Å². The van der Waals surface area contributed by atoms with E-state index in [1.165, 1.54) is 16.2 Å². The van der Waals surface area contributed by atoms with Gasteiger partial charge in [0, 0.05) is 4.88 Å². The maximum atomic E-state index is 13.3. The lowest BCUT2D eigenvalue weighted by atomic mass is 10.1. The molecule has 1 aliphatic heterocycles. The van der Waals surface area contributed by atoms with Gasteiger partial charge in [0.1, 0.15) is 23.8 Å². The molecule has 0 bridgehead atoms. The SMILES string of the molecule is COc1ccccc1NC1=C(c2cccs2)C(=O)N(CCOc2cc(C)cc(C)c2)C1=O. The molecule has 2 aromatic carbocycles. The second-order valence-corrected chi connectivity index (χ2v) is 8.43. The topological polar surface area (TPSA) is 67.9 Å². The Kier molecular flexibility index (Phi) is 6.28. The molecule has 0 fully saturated rings. The van der Waals surface area contributed by atoms with Crippen LogP contribution >= 0.6 is 11.3 Å². The van der Waals surface area contributed by atoms with Crippen molar-refractivity contribution in [1.29, 1.82) is 0 Å². The number of rotatable bonds is 8. The van der Waals surface area contributed by atoms with Gasteiger partial charge in [0.2, 0.25) is 0 Å². The lowest BCUT2D eigenvalue weighted by Gasteiger charge is -2.16. The van der Waals surface area contributed by atoms with Crippen molar-refractivity contribution in [1.82, 2.24) is 4.90 Å². The Morgan fingerprint density at radius 2 is 1.72 bits per heavy atom. The van der Waals surface area contributed by atoms with E-state index in [0.717, 1.165) is 21.8 Å². The van der Waals surface area contributed by atoms with E-state index in [1.54, 1.807) is 13.2 Å². The summed E-state index contributed by atoms with van der Waals surface area (Å²) >= 11 is 1.42. The summed E-state index contributed by atoms with van der Waals surface area (Å²) in [7, 11) is 1.56. The van der Waals surface area contributed by atoms with Crippen LogP contribution in [0.25, 0.3) is 5.57 Å².